The second kappa shape index (κ2) is 10.9. The smallest absolute Gasteiger partial charge is 0.388 e. The van der Waals surface area contributed by atoms with Crippen molar-refractivity contribution < 1.29 is 28.3 Å². The fourth-order valence-corrected chi connectivity index (χ4v) is 4.51. The summed E-state index contributed by atoms with van der Waals surface area (Å²) in [5.74, 6) is 0.0777. The van der Waals surface area contributed by atoms with Gasteiger partial charge < -0.3 is 9.84 Å². The van der Waals surface area contributed by atoms with Gasteiger partial charge in [0.2, 0.25) is 0 Å². The first-order valence-electron chi connectivity index (χ1n) is 9.84. The minimum absolute atomic E-state index is 0.0354. The number of rotatable bonds is 9. The summed E-state index contributed by atoms with van der Waals surface area (Å²) in [7, 11) is -2.39. The largest absolute Gasteiger partial charge is 0.697 e. The van der Waals surface area contributed by atoms with E-state index >= 15 is 0 Å². The lowest BCUT2D eigenvalue weighted by molar-refractivity contribution is -0.117. The molecule has 5 atom stereocenters. The van der Waals surface area contributed by atoms with E-state index in [0.29, 0.717) is 17.9 Å². The number of thioether (sulfide) groups is 1. The van der Waals surface area contributed by atoms with E-state index in [4.69, 9.17) is 13.8 Å². The monoisotopic (exact) mass is 461 g/mol. The van der Waals surface area contributed by atoms with Crippen molar-refractivity contribution in [3.05, 3.63) is 28.4 Å². The summed E-state index contributed by atoms with van der Waals surface area (Å²) in [5, 5.41) is 10.7. The number of ether oxygens (including phenoxy) is 1. The Kier molecular flexibility index (Phi) is 9.14. The van der Waals surface area contributed by atoms with Crippen LogP contribution in [0.15, 0.2) is 17.1 Å². The first-order valence-corrected chi connectivity index (χ1v) is 11.9. The van der Waals surface area contributed by atoms with Crippen molar-refractivity contribution >= 4 is 25.1 Å². The van der Waals surface area contributed by atoms with Gasteiger partial charge in [-0.1, -0.05) is 39.5 Å². The van der Waals surface area contributed by atoms with Crippen LogP contribution < -0.4 is 5.69 Å². The Balaban J connectivity index is 1.85. The zero-order chi connectivity index (χ0) is 22.5. The minimum Gasteiger partial charge on any atom is -0.388 e. The molecule has 9 nitrogen and oxygen atoms in total. The number of hydrogen-bond acceptors (Lipinski definition) is 9. The Morgan fingerprint density at radius 3 is 2.70 bits per heavy atom. The Morgan fingerprint density at radius 1 is 1.40 bits per heavy atom. The Hall–Kier alpha value is -1.16. The van der Waals surface area contributed by atoms with Crippen molar-refractivity contribution in [2.24, 2.45) is 11.3 Å². The van der Waals surface area contributed by atoms with Crippen LogP contribution >= 0.6 is 20.0 Å². The van der Waals surface area contributed by atoms with Crippen LogP contribution in [0.2, 0.25) is 0 Å². The number of nitrogens with zero attached hydrogens (tertiary/aromatic N) is 2. The van der Waals surface area contributed by atoms with Crippen LogP contribution in [0.4, 0.5) is 0 Å². The van der Waals surface area contributed by atoms with Gasteiger partial charge in [0.1, 0.15) is 19.3 Å². The van der Waals surface area contributed by atoms with E-state index in [1.807, 2.05) is 27.7 Å². The third-order valence-corrected chi connectivity index (χ3v) is 6.71. The van der Waals surface area contributed by atoms with Crippen LogP contribution in [0.3, 0.4) is 0 Å². The molecule has 1 aliphatic rings. The molecule has 0 bridgehead atoms. The van der Waals surface area contributed by atoms with E-state index < -0.39 is 37.8 Å². The first kappa shape index (κ1) is 25.1. The van der Waals surface area contributed by atoms with Crippen molar-refractivity contribution in [2.45, 2.75) is 59.5 Å². The first-order chi connectivity index (χ1) is 14.0. The van der Waals surface area contributed by atoms with Crippen molar-refractivity contribution in [2.75, 3.05) is 19.0 Å². The summed E-state index contributed by atoms with van der Waals surface area (Å²) >= 11 is 1.13. The van der Waals surface area contributed by atoms with Gasteiger partial charge in [-0.3, -0.25) is 9.36 Å². The highest BCUT2D eigenvalue weighted by atomic mass is 32.2. The second-order valence-corrected chi connectivity index (χ2v) is 10.2. The summed E-state index contributed by atoms with van der Waals surface area (Å²) in [6.07, 6.45) is -0.243. The highest BCUT2D eigenvalue weighted by Crippen LogP contribution is 2.37. The number of carbonyl (C=O) groups excluding carboxylic acids is 1. The van der Waals surface area contributed by atoms with E-state index in [-0.39, 0.29) is 24.2 Å². The molecule has 0 aromatic carbocycles. The predicted octanol–water partition coefficient (Wildman–Crippen LogP) is 2.83. The lowest BCUT2D eigenvalue weighted by atomic mass is 9.95. The van der Waals surface area contributed by atoms with Crippen molar-refractivity contribution in [3.8, 4) is 0 Å². The molecule has 0 radical (unpaired) electrons. The standard InChI is InChI=1S/C19H30N2O7PS/c1-6-13-14(11-27-29(25)26-9-10-30-17(23)19(3,4)5)28-16(15(13)22)21-8-7-12(2)20-18(21)24/h7-8,13-16,22H,6,9-11H2,1-5H3/q+1/t13-,14-,15-,16-/m1/s1. The number of carbonyl (C=O) groups is 1. The molecule has 0 spiro atoms. The molecule has 1 saturated heterocycles. The van der Waals surface area contributed by atoms with E-state index in [2.05, 4.69) is 4.98 Å². The summed E-state index contributed by atoms with van der Waals surface area (Å²) in [4.78, 5) is 27.8. The van der Waals surface area contributed by atoms with Gasteiger partial charge in [-0.15, -0.1) is 9.05 Å². The van der Waals surface area contributed by atoms with Crippen LogP contribution in [0.5, 0.6) is 0 Å². The number of aryl methyl sites for hydroxylation is 1. The SMILES string of the molecule is CC[C@H]1[C@@H](O)[C@H](n2ccc(C)nc2=O)O[C@@H]1CO[P+](=O)OCCSC(=O)C(C)(C)C. The van der Waals surface area contributed by atoms with Crippen LogP contribution in [-0.4, -0.2) is 50.9 Å². The molecule has 1 aromatic rings. The molecule has 168 valence electrons. The van der Waals surface area contributed by atoms with E-state index in [1.54, 1.807) is 13.0 Å². The van der Waals surface area contributed by atoms with Crippen LogP contribution in [0.1, 0.15) is 46.0 Å². The molecule has 1 N–H and O–H groups in total. The van der Waals surface area contributed by atoms with Crippen LogP contribution in [-0.2, 0) is 23.1 Å². The summed E-state index contributed by atoms with van der Waals surface area (Å²) < 4.78 is 29.5. The second-order valence-electron chi connectivity index (χ2n) is 8.13. The Labute approximate surface area is 181 Å². The zero-order valence-corrected chi connectivity index (χ0v) is 19.7. The summed E-state index contributed by atoms with van der Waals surface area (Å²) in [6, 6.07) is 1.66. The molecule has 30 heavy (non-hydrogen) atoms. The highest BCUT2D eigenvalue weighted by molar-refractivity contribution is 8.13. The third kappa shape index (κ3) is 6.67. The van der Waals surface area contributed by atoms with Crippen LogP contribution in [0.25, 0.3) is 0 Å². The third-order valence-electron chi connectivity index (χ3n) is 4.71. The molecular formula is C19H30N2O7PS+. The van der Waals surface area contributed by atoms with Crippen LogP contribution in [0, 0.1) is 18.3 Å². The molecule has 2 rings (SSSR count). The van der Waals surface area contributed by atoms with Gasteiger partial charge in [-0.2, -0.15) is 4.98 Å². The fraction of sp³-hybridized carbons (Fsp3) is 0.737. The summed E-state index contributed by atoms with van der Waals surface area (Å²) in [6.45, 7) is 9.16. The van der Waals surface area contributed by atoms with Gasteiger partial charge in [-0.25, -0.2) is 4.79 Å². The maximum Gasteiger partial charge on any atom is 0.697 e. The molecule has 0 amide bonds. The van der Waals surface area contributed by atoms with E-state index in [0.717, 1.165) is 11.8 Å². The molecule has 2 heterocycles. The van der Waals surface area contributed by atoms with Crippen molar-refractivity contribution in [1.29, 1.82) is 0 Å². The number of aliphatic hydroxyl groups is 1. The summed E-state index contributed by atoms with van der Waals surface area (Å²) in [5.41, 5.74) is -0.371. The minimum atomic E-state index is -2.39. The lowest BCUT2D eigenvalue weighted by Gasteiger charge is -2.18. The maximum atomic E-state index is 12.1. The quantitative estimate of drug-likeness (QED) is 0.437. The maximum absolute atomic E-state index is 12.1. The number of hydrogen-bond donors (Lipinski definition) is 1. The van der Waals surface area contributed by atoms with Gasteiger partial charge in [0.15, 0.2) is 11.3 Å². The zero-order valence-electron chi connectivity index (χ0n) is 17.9. The molecule has 1 fully saturated rings. The number of aromatic nitrogens is 2. The van der Waals surface area contributed by atoms with E-state index in [1.165, 1.54) is 10.8 Å². The molecular weight excluding hydrogens is 431 g/mol. The highest BCUT2D eigenvalue weighted by Gasteiger charge is 2.45. The molecule has 1 aromatic heterocycles. The fourth-order valence-electron chi connectivity index (χ4n) is 3.02. The van der Waals surface area contributed by atoms with Gasteiger partial charge >= 0.3 is 13.9 Å². The molecule has 1 unspecified atom stereocenters. The Bertz CT molecular complexity index is 811. The molecule has 0 aliphatic carbocycles. The Morgan fingerprint density at radius 2 is 2.10 bits per heavy atom. The van der Waals surface area contributed by atoms with Crippen molar-refractivity contribution in [3.63, 3.8) is 0 Å². The normalized spacial score (nSPS) is 24.8. The molecule has 0 saturated carbocycles. The average molecular weight is 461 g/mol. The lowest BCUT2D eigenvalue weighted by Crippen LogP contribution is -2.33. The van der Waals surface area contributed by atoms with Gasteiger partial charge in [0.25, 0.3) is 0 Å². The molecule has 11 heteroatoms. The van der Waals surface area contributed by atoms with E-state index in [9.17, 15) is 19.3 Å². The predicted molar refractivity (Wildman–Crippen MR) is 113 cm³/mol. The van der Waals surface area contributed by atoms with Crippen molar-refractivity contribution in [1.82, 2.24) is 9.55 Å². The number of aliphatic hydroxyl groups excluding tert-OH is 1. The van der Waals surface area contributed by atoms with Gasteiger partial charge in [0.05, 0.1) is 6.10 Å². The van der Waals surface area contributed by atoms with Gasteiger partial charge in [0, 0.05) is 33.5 Å². The van der Waals surface area contributed by atoms with Gasteiger partial charge in [-0.05, 0) is 19.4 Å². The molecule has 1 aliphatic heterocycles. The topological polar surface area (TPSA) is 117 Å². The average Bonchev–Trinajstić information content (AvgIpc) is 2.98.